The average Bonchev–Trinajstić information content (AvgIpc) is 3.21. The maximum absolute atomic E-state index is 12.8. The summed E-state index contributed by atoms with van der Waals surface area (Å²) in [5.74, 6) is 0.0922. The van der Waals surface area contributed by atoms with Crippen molar-refractivity contribution in [2.45, 2.75) is 24.7 Å². The molecule has 0 saturated heterocycles. The molecular weight excluding hydrogens is 382 g/mol. The summed E-state index contributed by atoms with van der Waals surface area (Å²) < 4.78 is 6.69. The molecule has 0 fully saturated rings. The number of hydrogen-bond acceptors (Lipinski definition) is 6. The van der Waals surface area contributed by atoms with Gasteiger partial charge in [-0.15, -0.1) is 11.3 Å². The summed E-state index contributed by atoms with van der Waals surface area (Å²) in [5, 5.41) is 6.05. The van der Waals surface area contributed by atoms with E-state index in [1.807, 2.05) is 36.6 Å². The van der Waals surface area contributed by atoms with Crippen LogP contribution in [0.1, 0.15) is 17.8 Å². The predicted octanol–water partition coefficient (Wildman–Crippen LogP) is 3.07. The Balaban J connectivity index is 1.76. The second-order valence-electron chi connectivity index (χ2n) is 5.95. The molecule has 0 unspecified atom stereocenters. The van der Waals surface area contributed by atoms with Crippen molar-refractivity contribution in [2.24, 2.45) is 0 Å². The maximum atomic E-state index is 12.8. The van der Waals surface area contributed by atoms with E-state index in [1.165, 1.54) is 11.8 Å². The minimum atomic E-state index is -0.118. The molecule has 1 amide bonds. The second-order valence-corrected chi connectivity index (χ2v) is 7.88. The lowest BCUT2D eigenvalue weighted by Crippen LogP contribution is -2.29. The standard InChI is InChI=1S/C19H21N3O3S2/c1-13(16-8-5-11-26-16)20-17(23)12-27-19-21-15-7-4-3-6-14(15)18(24)22(19)9-10-25-2/h3-8,11,13H,9-10,12H2,1-2H3,(H,20,23)/t13-/m1/s1. The van der Waals surface area contributed by atoms with Crippen molar-refractivity contribution < 1.29 is 9.53 Å². The summed E-state index contributed by atoms with van der Waals surface area (Å²) >= 11 is 2.87. The van der Waals surface area contributed by atoms with Gasteiger partial charge in [0.25, 0.3) is 5.56 Å². The van der Waals surface area contributed by atoms with Crippen LogP contribution in [0.25, 0.3) is 10.9 Å². The van der Waals surface area contributed by atoms with Gasteiger partial charge >= 0.3 is 0 Å². The van der Waals surface area contributed by atoms with E-state index in [1.54, 1.807) is 35.1 Å². The fourth-order valence-electron chi connectivity index (χ4n) is 2.66. The minimum absolute atomic E-state index is 0.0432. The average molecular weight is 404 g/mol. The Morgan fingerprint density at radius 2 is 2.15 bits per heavy atom. The van der Waals surface area contributed by atoms with Gasteiger partial charge in [0.1, 0.15) is 0 Å². The first-order valence-electron chi connectivity index (χ1n) is 8.54. The van der Waals surface area contributed by atoms with Gasteiger partial charge in [0.2, 0.25) is 5.91 Å². The van der Waals surface area contributed by atoms with Gasteiger partial charge in [-0.05, 0) is 30.5 Å². The van der Waals surface area contributed by atoms with E-state index in [0.717, 1.165) is 4.88 Å². The molecule has 6 nitrogen and oxygen atoms in total. The lowest BCUT2D eigenvalue weighted by atomic mass is 10.2. The molecule has 0 aliphatic heterocycles. The molecule has 2 heterocycles. The zero-order valence-corrected chi connectivity index (χ0v) is 16.8. The number of amides is 1. The molecule has 0 saturated carbocycles. The molecule has 2 aromatic heterocycles. The number of thioether (sulfide) groups is 1. The molecule has 0 aliphatic carbocycles. The summed E-state index contributed by atoms with van der Waals surface area (Å²) in [5.41, 5.74) is 0.513. The van der Waals surface area contributed by atoms with Crippen LogP contribution in [0.5, 0.6) is 0 Å². The van der Waals surface area contributed by atoms with Gasteiger partial charge in [-0.2, -0.15) is 0 Å². The Morgan fingerprint density at radius 3 is 2.89 bits per heavy atom. The topological polar surface area (TPSA) is 73.2 Å². The number of ether oxygens (including phenoxy) is 1. The number of aromatic nitrogens is 2. The molecule has 0 radical (unpaired) electrons. The van der Waals surface area contributed by atoms with Crippen LogP contribution in [0.4, 0.5) is 0 Å². The quantitative estimate of drug-likeness (QED) is 0.462. The Morgan fingerprint density at radius 1 is 1.33 bits per heavy atom. The van der Waals surface area contributed by atoms with Crippen molar-refractivity contribution in [3.8, 4) is 0 Å². The lowest BCUT2D eigenvalue weighted by Gasteiger charge is -2.14. The Kier molecular flexibility index (Phi) is 6.65. The van der Waals surface area contributed by atoms with E-state index in [4.69, 9.17) is 4.74 Å². The zero-order valence-electron chi connectivity index (χ0n) is 15.2. The summed E-state index contributed by atoms with van der Waals surface area (Å²) in [6.07, 6.45) is 0. The van der Waals surface area contributed by atoms with Crippen molar-refractivity contribution in [3.05, 3.63) is 57.0 Å². The number of nitrogens with one attached hydrogen (secondary N) is 1. The van der Waals surface area contributed by atoms with Crippen LogP contribution in [0, 0.1) is 0 Å². The van der Waals surface area contributed by atoms with Crippen LogP contribution in [-0.4, -0.2) is 34.9 Å². The van der Waals surface area contributed by atoms with Crippen LogP contribution in [0.2, 0.25) is 0 Å². The highest BCUT2D eigenvalue weighted by atomic mass is 32.2. The number of fused-ring (bicyclic) bond motifs is 1. The SMILES string of the molecule is COCCn1c(SCC(=O)N[C@H](C)c2cccs2)nc2ccccc2c1=O. The molecule has 27 heavy (non-hydrogen) atoms. The first kappa shape index (κ1) is 19.6. The van der Waals surface area contributed by atoms with E-state index >= 15 is 0 Å². The van der Waals surface area contributed by atoms with Crippen LogP contribution in [-0.2, 0) is 16.1 Å². The third-order valence-electron chi connectivity index (χ3n) is 4.03. The Hall–Kier alpha value is -2.16. The van der Waals surface area contributed by atoms with Crippen molar-refractivity contribution in [3.63, 3.8) is 0 Å². The molecule has 8 heteroatoms. The highest BCUT2D eigenvalue weighted by Gasteiger charge is 2.15. The number of thiophene rings is 1. The summed E-state index contributed by atoms with van der Waals surface area (Å²) in [6.45, 7) is 2.75. The monoisotopic (exact) mass is 403 g/mol. The molecule has 1 atom stereocenters. The fraction of sp³-hybridized carbons (Fsp3) is 0.316. The van der Waals surface area contributed by atoms with Gasteiger partial charge in [0, 0.05) is 12.0 Å². The fourth-order valence-corrected chi connectivity index (χ4v) is 4.23. The van der Waals surface area contributed by atoms with Gasteiger partial charge in [-0.25, -0.2) is 4.98 Å². The first-order valence-corrected chi connectivity index (χ1v) is 10.4. The van der Waals surface area contributed by atoms with Gasteiger partial charge in [0.05, 0.1) is 35.8 Å². The first-order chi connectivity index (χ1) is 13.1. The van der Waals surface area contributed by atoms with E-state index in [-0.39, 0.29) is 23.3 Å². The van der Waals surface area contributed by atoms with Crippen LogP contribution in [0.3, 0.4) is 0 Å². The van der Waals surface area contributed by atoms with Gasteiger partial charge in [-0.1, -0.05) is 30.0 Å². The molecule has 3 rings (SSSR count). The van der Waals surface area contributed by atoms with E-state index in [9.17, 15) is 9.59 Å². The van der Waals surface area contributed by atoms with Gasteiger partial charge < -0.3 is 10.1 Å². The summed E-state index contributed by atoms with van der Waals surface area (Å²) in [6, 6.07) is 11.1. The number of nitrogens with zero attached hydrogens (tertiary/aromatic N) is 2. The van der Waals surface area contributed by atoms with Crippen molar-refractivity contribution in [2.75, 3.05) is 19.5 Å². The molecule has 0 bridgehead atoms. The van der Waals surface area contributed by atoms with Gasteiger partial charge in [0.15, 0.2) is 5.16 Å². The molecule has 3 aromatic rings. The highest BCUT2D eigenvalue weighted by molar-refractivity contribution is 7.99. The smallest absolute Gasteiger partial charge is 0.262 e. The predicted molar refractivity (Wildman–Crippen MR) is 109 cm³/mol. The molecular formula is C19H21N3O3S2. The molecule has 1 aromatic carbocycles. The van der Waals surface area contributed by atoms with Gasteiger partial charge in [-0.3, -0.25) is 14.2 Å². The van der Waals surface area contributed by atoms with E-state index in [2.05, 4.69) is 10.3 Å². The number of methoxy groups -OCH3 is 1. The highest BCUT2D eigenvalue weighted by Crippen LogP contribution is 2.20. The number of para-hydroxylation sites is 1. The van der Waals surface area contributed by atoms with Crippen LogP contribution < -0.4 is 10.9 Å². The number of rotatable bonds is 8. The number of hydrogen-bond donors (Lipinski definition) is 1. The second kappa shape index (κ2) is 9.16. The molecule has 0 aliphatic rings. The normalized spacial score (nSPS) is 12.2. The van der Waals surface area contributed by atoms with Crippen molar-refractivity contribution in [1.82, 2.24) is 14.9 Å². The Bertz CT molecular complexity index is 970. The third kappa shape index (κ3) is 4.77. The van der Waals surface area contributed by atoms with Crippen LogP contribution >= 0.6 is 23.1 Å². The number of carbonyl (C=O) groups is 1. The third-order valence-corrected chi connectivity index (χ3v) is 6.06. The summed E-state index contributed by atoms with van der Waals surface area (Å²) in [4.78, 5) is 30.8. The summed E-state index contributed by atoms with van der Waals surface area (Å²) in [7, 11) is 1.59. The largest absolute Gasteiger partial charge is 0.383 e. The van der Waals surface area contributed by atoms with E-state index < -0.39 is 0 Å². The molecule has 0 spiro atoms. The Labute approximate surface area is 165 Å². The minimum Gasteiger partial charge on any atom is -0.383 e. The number of benzene rings is 1. The lowest BCUT2D eigenvalue weighted by molar-refractivity contribution is -0.119. The zero-order chi connectivity index (χ0) is 19.2. The molecule has 142 valence electrons. The molecule has 1 N–H and O–H groups in total. The van der Waals surface area contributed by atoms with Crippen molar-refractivity contribution in [1.29, 1.82) is 0 Å². The maximum Gasteiger partial charge on any atom is 0.262 e. The van der Waals surface area contributed by atoms with E-state index in [0.29, 0.717) is 29.2 Å². The number of carbonyl (C=O) groups excluding carboxylic acids is 1. The van der Waals surface area contributed by atoms with Crippen LogP contribution in [0.15, 0.2) is 51.7 Å². The van der Waals surface area contributed by atoms with Crippen molar-refractivity contribution >= 4 is 39.9 Å².